The van der Waals surface area contributed by atoms with Crippen molar-refractivity contribution >= 4 is 38.4 Å². The van der Waals surface area contributed by atoms with E-state index in [0.29, 0.717) is 18.7 Å². The average molecular weight is 432 g/mol. The summed E-state index contributed by atoms with van der Waals surface area (Å²) in [6.45, 7) is 3.98. The monoisotopic (exact) mass is 431 g/mol. The molecule has 8 heteroatoms. The molecule has 0 spiro atoms. The van der Waals surface area contributed by atoms with Gasteiger partial charge in [0.25, 0.3) is 5.91 Å². The molecule has 1 aliphatic heterocycles. The van der Waals surface area contributed by atoms with E-state index < -0.39 is 10.0 Å². The molecule has 0 N–H and O–H groups in total. The predicted molar refractivity (Wildman–Crippen MR) is 114 cm³/mol. The Bertz CT molecular complexity index is 1160. The number of rotatable bonds is 4. The Morgan fingerprint density at radius 3 is 2.34 bits per heavy atom. The van der Waals surface area contributed by atoms with Crippen molar-refractivity contribution in [2.45, 2.75) is 18.4 Å². The molecule has 0 saturated carbocycles. The van der Waals surface area contributed by atoms with Crippen LogP contribution in [-0.4, -0.2) is 54.3 Å². The maximum atomic E-state index is 13.1. The van der Waals surface area contributed by atoms with E-state index >= 15 is 0 Å². The molecule has 0 aliphatic carbocycles. The first kappa shape index (κ1) is 19.9. The fraction of sp³-hybridized carbons (Fsp3) is 0.286. The number of para-hydroxylation sites is 1. The van der Waals surface area contributed by atoms with Gasteiger partial charge in [0.15, 0.2) is 0 Å². The zero-order valence-electron chi connectivity index (χ0n) is 16.1. The number of halogens is 1. The minimum absolute atomic E-state index is 0.0665. The Kier molecular flexibility index (Phi) is 5.38. The van der Waals surface area contributed by atoms with Gasteiger partial charge in [-0.15, -0.1) is 0 Å². The van der Waals surface area contributed by atoms with Crippen LogP contribution in [0.2, 0.25) is 5.02 Å². The first-order valence-corrected chi connectivity index (χ1v) is 11.4. The number of carbonyl (C=O) groups excluding carboxylic acids is 1. The van der Waals surface area contributed by atoms with Crippen LogP contribution in [0.15, 0.2) is 59.6 Å². The number of amides is 1. The first-order chi connectivity index (χ1) is 13.9. The number of fused-ring (bicyclic) bond motifs is 1. The fourth-order valence-corrected chi connectivity index (χ4v) is 5.69. The third kappa shape index (κ3) is 3.54. The first-order valence-electron chi connectivity index (χ1n) is 9.55. The van der Waals surface area contributed by atoms with Crippen LogP contribution in [0.25, 0.3) is 10.9 Å². The van der Waals surface area contributed by atoms with Crippen molar-refractivity contribution in [2.75, 3.05) is 26.2 Å². The highest BCUT2D eigenvalue weighted by molar-refractivity contribution is 7.89. The van der Waals surface area contributed by atoms with Gasteiger partial charge in [-0.05, 0) is 25.1 Å². The lowest BCUT2D eigenvalue weighted by molar-refractivity contribution is 0.0699. The van der Waals surface area contributed by atoms with Gasteiger partial charge >= 0.3 is 0 Å². The molecule has 1 fully saturated rings. The van der Waals surface area contributed by atoms with Gasteiger partial charge in [-0.1, -0.05) is 41.9 Å². The lowest BCUT2D eigenvalue weighted by Gasteiger charge is -2.34. The number of sulfonamides is 1. The van der Waals surface area contributed by atoms with Crippen LogP contribution < -0.4 is 0 Å². The summed E-state index contributed by atoms with van der Waals surface area (Å²) in [4.78, 5) is 15.0. The summed E-state index contributed by atoms with van der Waals surface area (Å²) in [6, 6.07) is 14.3. The van der Waals surface area contributed by atoms with Crippen molar-refractivity contribution in [3.05, 3.63) is 65.3 Å². The third-order valence-electron chi connectivity index (χ3n) is 5.34. The topological polar surface area (TPSA) is 62.6 Å². The summed E-state index contributed by atoms with van der Waals surface area (Å²) >= 11 is 6.09. The molecule has 152 valence electrons. The van der Waals surface area contributed by atoms with Gasteiger partial charge in [0.1, 0.15) is 4.90 Å². The molecule has 2 heterocycles. The average Bonchev–Trinajstić information content (AvgIpc) is 3.12. The largest absolute Gasteiger partial charge is 0.347 e. The van der Waals surface area contributed by atoms with Crippen molar-refractivity contribution in [1.29, 1.82) is 0 Å². The van der Waals surface area contributed by atoms with Crippen LogP contribution in [0.4, 0.5) is 0 Å². The van der Waals surface area contributed by atoms with Crippen LogP contribution in [0.3, 0.4) is 0 Å². The Morgan fingerprint density at radius 1 is 1.00 bits per heavy atom. The van der Waals surface area contributed by atoms with Crippen molar-refractivity contribution < 1.29 is 13.2 Å². The standard InChI is InChI=1S/C21H22ClN3O3S/c1-2-23-15-17(16-7-3-5-9-19(16)23)21(26)24-11-13-25(14-12-24)29(27,28)20-10-6-4-8-18(20)22/h3-10,15H,2,11-14H2,1H3. The number of aryl methyl sites for hydroxylation is 1. The number of nitrogens with zero attached hydrogens (tertiary/aromatic N) is 3. The van der Waals surface area contributed by atoms with Gasteiger partial charge in [-0.2, -0.15) is 4.31 Å². The lowest BCUT2D eigenvalue weighted by atomic mass is 10.1. The van der Waals surface area contributed by atoms with Crippen LogP contribution in [0.5, 0.6) is 0 Å². The third-order valence-corrected chi connectivity index (χ3v) is 7.74. The SMILES string of the molecule is CCn1cc(C(=O)N2CCN(S(=O)(=O)c3ccccc3Cl)CC2)c2ccccc21. The molecule has 4 rings (SSSR count). The highest BCUT2D eigenvalue weighted by Gasteiger charge is 2.32. The Morgan fingerprint density at radius 2 is 1.66 bits per heavy atom. The summed E-state index contributed by atoms with van der Waals surface area (Å²) in [5.74, 6) is -0.0665. The van der Waals surface area contributed by atoms with Crippen molar-refractivity contribution in [3.63, 3.8) is 0 Å². The van der Waals surface area contributed by atoms with E-state index in [2.05, 4.69) is 4.57 Å². The number of hydrogen-bond acceptors (Lipinski definition) is 3. The zero-order valence-corrected chi connectivity index (χ0v) is 17.7. The molecular weight excluding hydrogens is 410 g/mol. The maximum absolute atomic E-state index is 13.1. The molecule has 1 amide bonds. The number of piperazine rings is 1. The molecule has 0 radical (unpaired) electrons. The molecule has 3 aromatic rings. The van der Waals surface area contributed by atoms with Crippen LogP contribution >= 0.6 is 11.6 Å². The number of aromatic nitrogens is 1. The summed E-state index contributed by atoms with van der Waals surface area (Å²) in [7, 11) is -3.68. The molecule has 1 saturated heterocycles. The highest BCUT2D eigenvalue weighted by Crippen LogP contribution is 2.26. The van der Waals surface area contributed by atoms with Gasteiger partial charge in [0.05, 0.1) is 10.6 Å². The van der Waals surface area contributed by atoms with Crippen LogP contribution in [-0.2, 0) is 16.6 Å². The number of benzene rings is 2. The Labute approximate surface area is 175 Å². The molecule has 1 aliphatic rings. The molecule has 1 aromatic heterocycles. The summed E-state index contributed by atoms with van der Waals surface area (Å²) in [5.41, 5.74) is 1.68. The van der Waals surface area contributed by atoms with E-state index in [4.69, 9.17) is 11.6 Å². The number of hydrogen-bond donors (Lipinski definition) is 0. The Hall–Kier alpha value is -2.35. The quantitative estimate of drug-likeness (QED) is 0.635. The summed E-state index contributed by atoms with van der Waals surface area (Å²) in [5, 5.41) is 1.13. The van der Waals surface area contributed by atoms with Crippen molar-refractivity contribution in [3.8, 4) is 0 Å². The van der Waals surface area contributed by atoms with E-state index in [1.54, 1.807) is 23.1 Å². The molecule has 2 aromatic carbocycles. The molecular formula is C21H22ClN3O3S. The fourth-order valence-electron chi connectivity index (χ4n) is 3.77. The van der Waals surface area contributed by atoms with Gasteiger partial charge in [0, 0.05) is 49.8 Å². The molecule has 6 nitrogen and oxygen atoms in total. The highest BCUT2D eigenvalue weighted by atomic mass is 35.5. The van der Waals surface area contributed by atoms with E-state index in [9.17, 15) is 13.2 Å². The lowest BCUT2D eigenvalue weighted by Crippen LogP contribution is -2.50. The van der Waals surface area contributed by atoms with Gasteiger partial charge in [-0.25, -0.2) is 8.42 Å². The minimum Gasteiger partial charge on any atom is -0.347 e. The molecule has 29 heavy (non-hydrogen) atoms. The summed E-state index contributed by atoms with van der Waals surface area (Å²) in [6.07, 6.45) is 1.89. The van der Waals surface area contributed by atoms with Crippen molar-refractivity contribution in [2.24, 2.45) is 0 Å². The zero-order chi connectivity index (χ0) is 20.6. The molecule has 0 atom stereocenters. The second kappa shape index (κ2) is 7.82. The summed E-state index contributed by atoms with van der Waals surface area (Å²) < 4.78 is 29.3. The van der Waals surface area contributed by atoms with E-state index in [1.165, 1.54) is 10.4 Å². The second-order valence-corrected chi connectivity index (χ2v) is 9.29. The van der Waals surface area contributed by atoms with E-state index in [1.807, 2.05) is 37.4 Å². The maximum Gasteiger partial charge on any atom is 0.256 e. The van der Waals surface area contributed by atoms with Gasteiger partial charge in [0.2, 0.25) is 10.0 Å². The normalized spacial score (nSPS) is 15.7. The molecule has 0 bridgehead atoms. The second-order valence-electron chi connectivity index (χ2n) is 6.97. The smallest absolute Gasteiger partial charge is 0.256 e. The predicted octanol–water partition coefficient (Wildman–Crippen LogP) is 3.46. The minimum atomic E-state index is -3.68. The van der Waals surface area contributed by atoms with Gasteiger partial charge in [-0.3, -0.25) is 4.79 Å². The van der Waals surface area contributed by atoms with E-state index in [-0.39, 0.29) is 28.9 Å². The van der Waals surface area contributed by atoms with Gasteiger partial charge < -0.3 is 9.47 Å². The number of carbonyl (C=O) groups is 1. The van der Waals surface area contributed by atoms with Crippen LogP contribution in [0.1, 0.15) is 17.3 Å². The molecule has 0 unspecified atom stereocenters. The van der Waals surface area contributed by atoms with Crippen LogP contribution in [0, 0.1) is 0 Å². The van der Waals surface area contributed by atoms with E-state index in [0.717, 1.165) is 17.4 Å². The van der Waals surface area contributed by atoms with Crippen molar-refractivity contribution in [1.82, 2.24) is 13.8 Å². The Balaban J connectivity index is 1.53.